The zero-order valence-corrected chi connectivity index (χ0v) is 13.8. The third-order valence-electron chi connectivity index (χ3n) is 2.99. The van der Waals surface area contributed by atoms with Gasteiger partial charge in [-0.05, 0) is 35.5 Å². The van der Waals surface area contributed by atoms with E-state index in [1.165, 1.54) is 10.9 Å². The van der Waals surface area contributed by atoms with Gasteiger partial charge in [0.25, 0.3) is 11.9 Å². The number of furan rings is 1. The molecule has 0 aliphatic carbocycles. The van der Waals surface area contributed by atoms with Crippen molar-refractivity contribution in [2.24, 2.45) is 0 Å². The second kappa shape index (κ2) is 6.86. The van der Waals surface area contributed by atoms with Crippen LogP contribution in [0.3, 0.4) is 0 Å². The highest BCUT2D eigenvalue weighted by Gasteiger charge is 2.16. The molecular formula is C15H11Cl2N5O2. The van der Waals surface area contributed by atoms with Crippen LogP contribution in [0.4, 0.5) is 5.95 Å². The van der Waals surface area contributed by atoms with Crippen molar-refractivity contribution in [3.05, 3.63) is 58.8 Å². The number of nitrogens with zero attached hydrogens (tertiary/aromatic N) is 4. The van der Waals surface area contributed by atoms with E-state index in [-0.39, 0.29) is 11.7 Å². The maximum absolute atomic E-state index is 12.2. The molecule has 2 heterocycles. The fourth-order valence-electron chi connectivity index (χ4n) is 1.94. The predicted octanol–water partition coefficient (Wildman–Crippen LogP) is 3.68. The van der Waals surface area contributed by atoms with Gasteiger partial charge in [-0.1, -0.05) is 34.4 Å². The van der Waals surface area contributed by atoms with Gasteiger partial charge in [0.15, 0.2) is 5.76 Å². The van der Waals surface area contributed by atoms with Crippen LogP contribution in [-0.4, -0.2) is 26.1 Å². The summed E-state index contributed by atoms with van der Waals surface area (Å²) in [6.45, 7) is 3.96. The summed E-state index contributed by atoms with van der Waals surface area (Å²) < 4.78 is 5.54. The van der Waals surface area contributed by atoms with Gasteiger partial charge >= 0.3 is 0 Å². The van der Waals surface area contributed by atoms with Crippen LogP contribution < -0.4 is 5.32 Å². The second-order valence-corrected chi connectivity index (χ2v) is 5.54. The monoisotopic (exact) mass is 363 g/mol. The number of tetrazole rings is 1. The smallest absolute Gasteiger partial charge is 0.293 e. The number of carbonyl (C=O) groups is 1. The molecule has 0 unspecified atom stereocenters. The minimum absolute atomic E-state index is 0.0700. The SMILES string of the molecule is C=CCn1nnc(NC(=O)c2ccc(-c3cc(Cl)ccc3Cl)o2)n1. The Morgan fingerprint density at radius 1 is 1.33 bits per heavy atom. The second-order valence-electron chi connectivity index (χ2n) is 4.70. The molecular weight excluding hydrogens is 353 g/mol. The number of hydrogen-bond donors (Lipinski definition) is 1. The Morgan fingerprint density at radius 3 is 2.96 bits per heavy atom. The van der Waals surface area contributed by atoms with Crippen molar-refractivity contribution in [1.29, 1.82) is 0 Å². The number of nitrogens with one attached hydrogen (secondary N) is 1. The molecule has 7 nitrogen and oxygen atoms in total. The van der Waals surface area contributed by atoms with Crippen LogP contribution >= 0.6 is 23.2 Å². The van der Waals surface area contributed by atoms with E-state index >= 15 is 0 Å². The Morgan fingerprint density at radius 2 is 2.17 bits per heavy atom. The third-order valence-corrected chi connectivity index (χ3v) is 3.56. The molecule has 0 aliphatic rings. The molecule has 0 spiro atoms. The minimum Gasteiger partial charge on any atom is -0.451 e. The van der Waals surface area contributed by atoms with Crippen molar-refractivity contribution in [3.8, 4) is 11.3 Å². The van der Waals surface area contributed by atoms with Crippen LogP contribution in [0.1, 0.15) is 10.6 Å². The minimum atomic E-state index is -0.502. The lowest BCUT2D eigenvalue weighted by atomic mass is 10.2. The molecule has 3 aromatic rings. The molecule has 0 aliphatic heterocycles. The Balaban J connectivity index is 1.78. The van der Waals surface area contributed by atoms with Crippen LogP contribution in [0.25, 0.3) is 11.3 Å². The van der Waals surface area contributed by atoms with Gasteiger partial charge in [0.2, 0.25) is 0 Å². The summed E-state index contributed by atoms with van der Waals surface area (Å²) >= 11 is 12.1. The van der Waals surface area contributed by atoms with Crippen molar-refractivity contribution in [3.63, 3.8) is 0 Å². The van der Waals surface area contributed by atoms with E-state index in [0.717, 1.165) is 0 Å². The van der Waals surface area contributed by atoms with Gasteiger partial charge in [-0.25, -0.2) is 0 Å². The largest absolute Gasteiger partial charge is 0.451 e. The summed E-state index contributed by atoms with van der Waals surface area (Å²) in [6.07, 6.45) is 1.61. The number of hydrogen-bond acceptors (Lipinski definition) is 5. The average Bonchev–Trinajstić information content (AvgIpc) is 3.20. The van der Waals surface area contributed by atoms with E-state index in [0.29, 0.717) is 27.9 Å². The van der Waals surface area contributed by atoms with E-state index in [1.807, 2.05) is 0 Å². The molecule has 0 saturated carbocycles. The normalized spacial score (nSPS) is 10.6. The van der Waals surface area contributed by atoms with Crippen molar-refractivity contribution in [2.75, 3.05) is 5.32 Å². The summed E-state index contributed by atoms with van der Waals surface area (Å²) in [7, 11) is 0. The van der Waals surface area contributed by atoms with Crippen molar-refractivity contribution in [1.82, 2.24) is 20.2 Å². The molecule has 1 aromatic carbocycles. The number of carbonyl (C=O) groups excluding carboxylic acids is 1. The van der Waals surface area contributed by atoms with Gasteiger partial charge < -0.3 is 4.42 Å². The summed E-state index contributed by atoms with van der Waals surface area (Å²) in [6, 6.07) is 8.14. The standard InChI is InChI=1S/C15H11Cl2N5O2/c1-2-7-22-20-15(19-21-22)18-14(23)13-6-5-12(24-13)10-8-9(16)3-4-11(10)17/h2-6,8H,1,7H2,(H,18,20,23). The molecule has 2 aromatic heterocycles. The molecule has 0 fully saturated rings. The highest BCUT2D eigenvalue weighted by molar-refractivity contribution is 6.35. The van der Waals surface area contributed by atoms with Crippen LogP contribution in [-0.2, 0) is 6.54 Å². The number of aromatic nitrogens is 4. The molecule has 0 radical (unpaired) electrons. The van der Waals surface area contributed by atoms with Crippen LogP contribution in [0.2, 0.25) is 10.0 Å². The predicted molar refractivity (Wildman–Crippen MR) is 90.1 cm³/mol. The van der Waals surface area contributed by atoms with Gasteiger partial charge in [0.1, 0.15) is 5.76 Å². The Kier molecular flexibility index (Phi) is 4.64. The van der Waals surface area contributed by atoms with Crippen LogP contribution in [0.5, 0.6) is 0 Å². The average molecular weight is 364 g/mol. The molecule has 24 heavy (non-hydrogen) atoms. The van der Waals surface area contributed by atoms with Gasteiger partial charge in [0, 0.05) is 10.6 Å². The fourth-order valence-corrected chi connectivity index (χ4v) is 2.32. The first-order valence-electron chi connectivity index (χ1n) is 6.82. The highest BCUT2D eigenvalue weighted by Crippen LogP contribution is 2.31. The first-order chi connectivity index (χ1) is 11.6. The van der Waals surface area contributed by atoms with E-state index in [2.05, 4.69) is 27.3 Å². The highest BCUT2D eigenvalue weighted by atomic mass is 35.5. The number of rotatable bonds is 5. The van der Waals surface area contributed by atoms with E-state index < -0.39 is 5.91 Å². The quantitative estimate of drug-likeness (QED) is 0.698. The van der Waals surface area contributed by atoms with E-state index in [1.54, 1.807) is 30.3 Å². The van der Waals surface area contributed by atoms with Crippen molar-refractivity contribution in [2.45, 2.75) is 6.54 Å². The summed E-state index contributed by atoms with van der Waals surface area (Å²) in [5.74, 6) is 0.0789. The van der Waals surface area contributed by atoms with Gasteiger partial charge in [-0.15, -0.1) is 11.7 Å². The molecule has 0 atom stereocenters. The lowest BCUT2D eigenvalue weighted by Gasteiger charge is -2.01. The number of amides is 1. The van der Waals surface area contributed by atoms with Gasteiger partial charge in [0.05, 0.1) is 11.6 Å². The summed E-state index contributed by atoms with van der Waals surface area (Å²) in [5, 5.41) is 14.9. The molecule has 1 amide bonds. The topological polar surface area (TPSA) is 85.8 Å². The third kappa shape index (κ3) is 3.47. The maximum atomic E-state index is 12.2. The summed E-state index contributed by atoms with van der Waals surface area (Å²) in [5.41, 5.74) is 0.596. The Bertz CT molecular complexity index is 903. The molecule has 9 heteroatoms. The zero-order valence-electron chi connectivity index (χ0n) is 12.2. The molecule has 3 rings (SSSR count). The molecule has 1 N–H and O–H groups in total. The van der Waals surface area contributed by atoms with Gasteiger partial charge in [-0.3, -0.25) is 10.1 Å². The molecule has 122 valence electrons. The first-order valence-corrected chi connectivity index (χ1v) is 7.57. The first kappa shape index (κ1) is 16.2. The lowest BCUT2D eigenvalue weighted by Crippen LogP contribution is -2.12. The number of anilines is 1. The van der Waals surface area contributed by atoms with Crippen molar-refractivity contribution >= 4 is 35.1 Å². The van der Waals surface area contributed by atoms with Crippen molar-refractivity contribution < 1.29 is 9.21 Å². The summed E-state index contributed by atoms with van der Waals surface area (Å²) in [4.78, 5) is 13.5. The number of benzene rings is 1. The zero-order chi connectivity index (χ0) is 17.1. The molecule has 0 bridgehead atoms. The van der Waals surface area contributed by atoms with E-state index in [9.17, 15) is 4.79 Å². The fraction of sp³-hybridized carbons (Fsp3) is 0.0667. The molecule has 0 saturated heterocycles. The van der Waals surface area contributed by atoms with Gasteiger partial charge in [-0.2, -0.15) is 4.80 Å². The van der Waals surface area contributed by atoms with E-state index in [4.69, 9.17) is 27.6 Å². The number of halogens is 2. The Labute approximate surface area is 146 Å². The number of allylic oxidation sites excluding steroid dienone is 1. The maximum Gasteiger partial charge on any atom is 0.293 e. The lowest BCUT2D eigenvalue weighted by molar-refractivity contribution is 0.0996. The Hall–Kier alpha value is -2.64. The van der Waals surface area contributed by atoms with Crippen LogP contribution in [0, 0.1) is 0 Å². The van der Waals surface area contributed by atoms with Crippen LogP contribution in [0.15, 0.2) is 47.4 Å².